The van der Waals surface area contributed by atoms with Gasteiger partial charge in [0.2, 0.25) is 0 Å². The molecule has 45 heavy (non-hydrogen) atoms. The van der Waals surface area contributed by atoms with Crippen LogP contribution in [0.15, 0.2) is 152 Å². The van der Waals surface area contributed by atoms with Gasteiger partial charge in [0, 0.05) is 51.1 Å². The Hall–Kier alpha value is -5.22. The van der Waals surface area contributed by atoms with E-state index in [-0.39, 0.29) is 0 Å². The molecule has 0 aliphatic rings. The number of fused-ring (bicyclic) bond motifs is 9. The van der Waals surface area contributed by atoms with Gasteiger partial charge in [-0.25, -0.2) is 0 Å². The van der Waals surface area contributed by atoms with Crippen LogP contribution in [0, 0.1) is 0 Å². The highest BCUT2D eigenvalue weighted by Crippen LogP contribution is 2.42. The number of para-hydroxylation sites is 1. The van der Waals surface area contributed by atoms with E-state index < -0.39 is 0 Å². The summed E-state index contributed by atoms with van der Waals surface area (Å²) in [5.74, 6) is 0. The highest BCUT2D eigenvalue weighted by Gasteiger charge is 2.17. The summed E-state index contributed by atoms with van der Waals surface area (Å²) in [5.41, 5.74) is 8.65. The Kier molecular flexibility index (Phi) is 5.39. The van der Waals surface area contributed by atoms with Gasteiger partial charge in [-0.2, -0.15) is 0 Å². The molecule has 210 valence electrons. The lowest BCUT2D eigenvalue weighted by atomic mass is 9.97. The molecule has 0 saturated heterocycles. The van der Waals surface area contributed by atoms with E-state index in [0.717, 1.165) is 0 Å². The Bertz CT molecular complexity index is 2770. The second-order valence-corrected chi connectivity index (χ2v) is 13.9. The van der Waals surface area contributed by atoms with Crippen molar-refractivity contribution in [3.05, 3.63) is 152 Å². The fourth-order valence-electron chi connectivity index (χ4n) is 7.14. The summed E-state index contributed by atoms with van der Waals surface area (Å²) in [6.45, 7) is 0. The van der Waals surface area contributed by atoms with Gasteiger partial charge in [0.15, 0.2) is 0 Å². The molecule has 0 fully saturated rings. The average molecular weight is 608 g/mol. The second kappa shape index (κ2) is 9.64. The van der Waals surface area contributed by atoms with Crippen molar-refractivity contribution >= 4 is 84.8 Å². The van der Waals surface area contributed by atoms with E-state index >= 15 is 0 Å². The van der Waals surface area contributed by atoms with Gasteiger partial charge in [-0.15, -0.1) is 22.7 Å². The summed E-state index contributed by atoms with van der Waals surface area (Å²) in [4.78, 5) is 0. The van der Waals surface area contributed by atoms with Crippen LogP contribution in [0.25, 0.3) is 90.1 Å². The molecule has 3 aromatic heterocycles. The molecule has 1 nitrogen and oxygen atoms in total. The third kappa shape index (κ3) is 3.78. The van der Waals surface area contributed by atoms with Crippen LogP contribution in [-0.2, 0) is 0 Å². The topological polar surface area (TPSA) is 4.93 Å². The fourth-order valence-corrected chi connectivity index (χ4v) is 9.35. The van der Waals surface area contributed by atoms with Crippen molar-refractivity contribution in [3.8, 4) is 27.9 Å². The standard InChI is InChI=1S/C42H25NS2/c1-4-14-35-30(11-1)33-24-28(19-21-36(33)43(35)37-15-8-18-41-42(37)32-13-3-6-17-39(32)45-41)26-9-7-10-27(23-26)29-20-22-40-34(25-29)31-12-2-5-16-38(31)44-40/h1-25H. The molecule has 0 aliphatic heterocycles. The maximum atomic E-state index is 2.47. The number of hydrogen-bond donors (Lipinski definition) is 0. The first-order valence-electron chi connectivity index (χ1n) is 15.3. The van der Waals surface area contributed by atoms with Crippen molar-refractivity contribution in [1.29, 1.82) is 0 Å². The largest absolute Gasteiger partial charge is 0.309 e. The first kappa shape index (κ1) is 25.1. The van der Waals surface area contributed by atoms with E-state index in [1.54, 1.807) is 0 Å². The number of benzene rings is 7. The van der Waals surface area contributed by atoms with Crippen LogP contribution in [0.3, 0.4) is 0 Å². The second-order valence-electron chi connectivity index (χ2n) is 11.7. The number of aromatic nitrogens is 1. The summed E-state index contributed by atoms with van der Waals surface area (Å²) in [7, 11) is 0. The minimum absolute atomic E-state index is 1.23. The van der Waals surface area contributed by atoms with Crippen LogP contribution in [0.2, 0.25) is 0 Å². The van der Waals surface area contributed by atoms with Gasteiger partial charge in [-0.1, -0.05) is 91.0 Å². The molecule has 3 heterocycles. The Morgan fingerprint density at radius 3 is 1.73 bits per heavy atom. The van der Waals surface area contributed by atoms with Crippen molar-refractivity contribution in [3.63, 3.8) is 0 Å². The molecule has 0 unspecified atom stereocenters. The molecule has 0 N–H and O–H groups in total. The summed E-state index contributed by atoms with van der Waals surface area (Å²) in [6, 6.07) is 55.9. The first-order chi connectivity index (χ1) is 22.3. The smallest absolute Gasteiger partial charge is 0.0555 e. The lowest BCUT2D eigenvalue weighted by Gasteiger charge is -2.11. The van der Waals surface area contributed by atoms with Crippen molar-refractivity contribution in [1.82, 2.24) is 4.57 Å². The molecule has 0 bridgehead atoms. The van der Waals surface area contributed by atoms with E-state index in [1.165, 1.54) is 90.1 Å². The Morgan fingerprint density at radius 2 is 0.889 bits per heavy atom. The minimum atomic E-state index is 1.23. The highest BCUT2D eigenvalue weighted by atomic mass is 32.1. The fraction of sp³-hybridized carbons (Fsp3) is 0. The normalized spacial score (nSPS) is 12.0. The number of rotatable bonds is 3. The van der Waals surface area contributed by atoms with Crippen LogP contribution >= 0.6 is 22.7 Å². The third-order valence-electron chi connectivity index (χ3n) is 9.20. The highest BCUT2D eigenvalue weighted by molar-refractivity contribution is 7.26. The van der Waals surface area contributed by atoms with Gasteiger partial charge in [0.1, 0.15) is 0 Å². The van der Waals surface area contributed by atoms with Crippen LogP contribution in [0.4, 0.5) is 0 Å². The molecule has 0 radical (unpaired) electrons. The zero-order valence-corrected chi connectivity index (χ0v) is 25.8. The molecule has 0 amide bonds. The molecule has 3 heteroatoms. The molecular weight excluding hydrogens is 583 g/mol. The third-order valence-corrected chi connectivity index (χ3v) is 11.5. The summed E-state index contributed by atoms with van der Waals surface area (Å²) >= 11 is 3.74. The van der Waals surface area contributed by atoms with Gasteiger partial charge in [0.25, 0.3) is 0 Å². The molecule has 7 aromatic carbocycles. The van der Waals surface area contributed by atoms with E-state index in [4.69, 9.17) is 0 Å². The molecule has 10 rings (SSSR count). The molecule has 0 aliphatic carbocycles. The molecule has 0 atom stereocenters. The maximum Gasteiger partial charge on any atom is 0.0555 e. The van der Waals surface area contributed by atoms with Gasteiger partial charge in [0.05, 0.1) is 16.7 Å². The molecular formula is C42H25NS2. The number of hydrogen-bond acceptors (Lipinski definition) is 2. The van der Waals surface area contributed by atoms with Gasteiger partial charge in [-0.05, 0) is 82.9 Å². The summed E-state index contributed by atoms with van der Waals surface area (Å²) in [5, 5.41) is 7.87. The quantitative estimate of drug-likeness (QED) is 0.188. The van der Waals surface area contributed by atoms with Crippen molar-refractivity contribution in [2.24, 2.45) is 0 Å². The Morgan fingerprint density at radius 1 is 0.333 bits per heavy atom. The minimum Gasteiger partial charge on any atom is -0.309 e. The van der Waals surface area contributed by atoms with Gasteiger partial charge < -0.3 is 4.57 Å². The first-order valence-corrected chi connectivity index (χ1v) is 16.9. The SMILES string of the molecule is c1cc(-c2ccc3sc4ccccc4c3c2)cc(-c2ccc3c(c2)c2ccccc2n3-c2cccc3sc4ccccc4c23)c1. The zero-order valence-electron chi connectivity index (χ0n) is 24.2. The number of nitrogens with zero attached hydrogens (tertiary/aromatic N) is 1. The van der Waals surface area contributed by atoms with Crippen molar-refractivity contribution in [2.75, 3.05) is 0 Å². The molecule has 0 spiro atoms. The van der Waals surface area contributed by atoms with Crippen molar-refractivity contribution < 1.29 is 0 Å². The van der Waals surface area contributed by atoms with Gasteiger partial charge >= 0.3 is 0 Å². The predicted molar refractivity (Wildman–Crippen MR) is 197 cm³/mol. The van der Waals surface area contributed by atoms with Crippen LogP contribution in [0.5, 0.6) is 0 Å². The van der Waals surface area contributed by atoms with Gasteiger partial charge in [-0.3, -0.25) is 0 Å². The zero-order chi connectivity index (χ0) is 29.5. The molecule has 0 saturated carbocycles. The Labute approximate surface area is 267 Å². The molecule has 10 aromatic rings. The van der Waals surface area contributed by atoms with Crippen LogP contribution in [-0.4, -0.2) is 4.57 Å². The lowest BCUT2D eigenvalue weighted by molar-refractivity contribution is 1.20. The lowest BCUT2D eigenvalue weighted by Crippen LogP contribution is -1.94. The number of thiophene rings is 2. The van der Waals surface area contributed by atoms with E-state index in [2.05, 4.69) is 156 Å². The predicted octanol–water partition coefficient (Wildman–Crippen LogP) is 12.9. The Balaban J connectivity index is 1.15. The van der Waals surface area contributed by atoms with E-state index in [0.29, 0.717) is 0 Å². The van der Waals surface area contributed by atoms with Crippen LogP contribution < -0.4 is 0 Å². The average Bonchev–Trinajstić information content (AvgIpc) is 3.77. The maximum absolute atomic E-state index is 2.47. The van der Waals surface area contributed by atoms with E-state index in [1.807, 2.05) is 22.7 Å². The summed E-state index contributed by atoms with van der Waals surface area (Å²) < 4.78 is 7.79. The van der Waals surface area contributed by atoms with E-state index in [9.17, 15) is 0 Å². The monoisotopic (exact) mass is 607 g/mol. The van der Waals surface area contributed by atoms with Crippen molar-refractivity contribution in [2.45, 2.75) is 0 Å². The van der Waals surface area contributed by atoms with Crippen LogP contribution in [0.1, 0.15) is 0 Å². The summed E-state index contributed by atoms with van der Waals surface area (Å²) in [6.07, 6.45) is 0.